The Balaban J connectivity index is 1.91. The molecular weight excluding hydrogens is 320 g/mol. The van der Waals surface area contributed by atoms with E-state index in [9.17, 15) is 4.39 Å². The van der Waals surface area contributed by atoms with Gasteiger partial charge < -0.3 is 10.2 Å². The van der Waals surface area contributed by atoms with E-state index in [1.165, 1.54) is 12.1 Å². The second-order valence-electron chi connectivity index (χ2n) is 4.50. The first-order valence-corrected chi connectivity index (χ1v) is 7.85. The number of halogens is 3. The van der Waals surface area contributed by atoms with Crippen LogP contribution in [-0.2, 0) is 0 Å². The fraction of sp³-hybridized carbons (Fsp3) is 0.308. The Morgan fingerprint density at radius 2 is 1.95 bits per heavy atom. The number of nitrogens with one attached hydrogen (secondary N) is 1. The molecule has 7 heteroatoms. The minimum atomic E-state index is -0.484. The van der Waals surface area contributed by atoms with Crippen molar-refractivity contribution in [2.24, 2.45) is 0 Å². The first kappa shape index (κ1) is 14.1. The third kappa shape index (κ3) is 2.76. The number of benzene rings is 1. The van der Waals surface area contributed by atoms with Crippen molar-refractivity contribution in [3.05, 3.63) is 33.4 Å². The molecule has 0 spiro atoms. The quantitative estimate of drug-likeness (QED) is 0.851. The summed E-state index contributed by atoms with van der Waals surface area (Å²) in [5.74, 6) is -0.484. The molecule has 0 radical (unpaired) electrons. The van der Waals surface area contributed by atoms with Crippen molar-refractivity contribution in [2.75, 3.05) is 31.1 Å². The molecule has 0 amide bonds. The van der Waals surface area contributed by atoms with Crippen LogP contribution in [-0.4, -0.2) is 31.2 Å². The molecule has 1 aromatic heterocycles. The topological polar surface area (TPSA) is 28.2 Å². The molecule has 3 rings (SSSR count). The molecule has 0 aliphatic carbocycles. The number of anilines is 1. The molecule has 1 aromatic carbocycles. The van der Waals surface area contributed by atoms with Gasteiger partial charge in [-0.05, 0) is 12.1 Å². The molecule has 3 nitrogen and oxygen atoms in total. The lowest BCUT2D eigenvalue weighted by Gasteiger charge is -2.26. The highest BCUT2D eigenvalue weighted by molar-refractivity contribution is 7.14. The van der Waals surface area contributed by atoms with Gasteiger partial charge in [-0.2, -0.15) is 0 Å². The van der Waals surface area contributed by atoms with Gasteiger partial charge in [-0.15, -0.1) is 11.3 Å². The van der Waals surface area contributed by atoms with Crippen LogP contribution in [0.2, 0.25) is 10.0 Å². The molecule has 1 saturated heterocycles. The summed E-state index contributed by atoms with van der Waals surface area (Å²) >= 11 is 13.4. The molecule has 0 unspecified atom stereocenters. The summed E-state index contributed by atoms with van der Waals surface area (Å²) in [5.41, 5.74) is 1.26. The number of hydrogen-bond acceptors (Lipinski definition) is 4. The Morgan fingerprint density at radius 1 is 1.20 bits per heavy atom. The maximum atomic E-state index is 13.6. The van der Waals surface area contributed by atoms with Crippen molar-refractivity contribution >= 4 is 39.7 Å². The lowest BCUT2D eigenvalue weighted by molar-refractivity contribution is 0.588. The highest BCUT2D eigenvalue weighted by Crippen LogP contribution is 2.34. The van der Waals surface area contributed by atoms with Gasteiger partial charge in [0.1, 0.15) is 5.82 Å². The number of rotatable bonds is 2. The standard InChI is InChI=1S/C13H12Cl2FN3S/c14-9-6-10(15)11(16)5-8(9)12-7-20-13(18-12)19-3-1-17-2-4-19/h5-7,17H,1-4H2. The fourth-order valence-corrected chi connectivity index (χ4v) is 3.47. The Bertz CT molecular complexity index is 626. The predicted molar refractivity (Wildman–Crippen MR) is 82.6 cm³/mol. The van der Waals surface area contributed by atoms with Crippen LogP contribution >= 0.6 is 34.5 Å². The summed E-state index contributed by atoms with van der Waals surface area (Å²) in [4.78, 5) is 6.77. The Hall–Kier alpha value is -0.880. The zero-order chi connectivity index (χ0) is 14.1. The van der Waals surface area contributed by atoms with Crippen LogP contribution in [0.25, 0.3) is 11.3 Å². The van der Waals surface area contributed by atoms with E-state index in [4.69, 9.17) is 23.2 Å². The molecule has 1 fully saturated rings. The van der Waals surface area contributed by atoms with Crippen molar-refractivity contribution in [3.8, 4) is 11.3 Å². The smallest absolute Gasteiger partial charge is 0.185 e. The van der Waals surface area contributed by atoms with Crippen molar-refractivity contribution in [1.82, 2.24) is 10.3 Å². The minimum absolute atomic E-state index is 0.0244. The number of nitrogens with zero attached hydrogens (tertiary/aromatic N) is 2. The highest BCUT2D eigenvalue weighted by Gasteiger charge is 2.16. The summed E-state index contributed by atoms with van der Waals surface area (Å²) in [6, 6.07) is 2.75. The van der Waals surface area contributed by atoms with Gasteiger partial charge in [0.25, 0.3) is 0 Å². The largest absolute Gasteiger partial charge is 0.346 e. The van der Waals surface area contributed by atoms with Crippen molar-refractivity contribution in [2.45, 2.75) is 0 Å². The Morgan fingerprint density at radius 3 is 2.70 bits per heavy atom. The summed E-state index contributed by atoms with van der Waals surface area (Å²) in [6.45, 7) is 3.75. The first-order valence-electron chi connectivity index (χ1n) is 6.21. The van der Waals surface area contributed by atoms with Crippen molar-refractivity contribution < 1.29 is 4.39 Å². The molecule has 20 heavy (non-hydrogen) atoms. The SMILES string of the molecule is Fc1cc(-c2csc(N3CCNCC3)n2)c(Cl)cc1Cl. The van der Waals surface area contributed by atoms with Crippen molar-refractivity contribution in [1.29, 1.82) is 0 Å². The van der Waals surface area contributed by atoms with Gasteiger partial charge in [-0.3, -0.25) is 0 Å². The average Bonchev–Trinajstić information content (AvgIpc) is 2.93. The lowest BCUT2D eigenvalue weighted by atomic mass is 10.2. The van der Waals surface area contributed by atoms with Crippen LogP contribution in [0.4, 0.5) is 9.52 Å². The zero-order valence-corrected chi connectivity index (χ0v) is 12.8. The van der Waals surface area contributed by atoms with Crippen LogP contribution in [0.3, 0.4) is 0 Å². The van der Waals surface area contributed by atoms with Crippen LogP contribution in [0.5, 0.6) is 0 Å². The molecule has 0 bridgehead atoms. The number of thiazole rings is 1. The molecule has 1 N–H and O–H groups in total. The molecular formula is C13H12Cl2FN3S. The van der Waals surface area contributed by atoms with E-state index in [1.54, 1.807) is 11.3 Å². The second kappa shape index (κ2) is 5.85. The van der Waals surface area contributed by atoms with E-state index in [-0.39, 0.29) is 5.02 Å². The average molecular weight is 332 g/mol. The normalized spacial score (nSPS) is 15.7. The van der Waals surface area contributed by atoms with Crippen LogP contribution in [0.1, 0.15) is 0 Å². The molecule has 2 heterocycles. The molecule has 1 aliphatic rings. The van der Waals surface area contributed by atoms with Gasteiger partial charge in [0.05, 0.1) is 15.7 Å². The van der Waals surface area contributed by atoms with E-state index in [1.807, 2.05) is 5.38 Å². The van der Waals surface area contributed by atoms with Crippen LogP contribution in [0.15, 0.2) is 17.5 Å². The Labute approximate surface area is 130 Å². The van der Waals surface area contributed by atoms with Gasteiger partial charge >= 0.3 is 0 Å². The first-order chi connectivity index (χ1) is 9.65. The van der Waals surface area contributed by atoms with Gasteiger partial charge in [0.15, 0.2) is 5.13 Å². The molecule has 106 valence electrons. The molecule has 1 aliphatic heterocycles. The molecule has 2 aromatic rings. The number of hydrogen-bond donors (Lipinski definition) is 1. The second-order valence-corrected chi connectivity index (χ2v) is 6.15. The van der Waals surface area contributed by atoms with Gasteiger partial charge in [-0.25, -0.2) is 9.37 Å². The van der Waals surface area contributed by atoms with Gasteiger partial charge in [-0.1, -0.05) is 23.2 Å². The highest BCUT2D eigenvalue weighted by atomic mass is 35.5. The zero-order valence-electron chi connectivity index (χ0n) is 10.5. The van der Waals surface area contributed by atoms with Crippen LogP contribution in [0, 0.1) is 5.82 Å². The Kier molecular flexibility index (Phi) is 4.12. The van der Waals surface area contributed by atoms with Crippen molar-refractivity contribution in [3.63, 3.8) is 0 Å². The summed E-state index contributed by atoms with van der Waals surface area (Å²) in [6.07, 6.45) is 0. The summed E-state index contributed by atoms with van der Waals surface area (Å²) < 4.78 is 13.6. The van der Waals surface area contributed by atoms with E-state index in [0.29, 0.717) is 16.3 Å². The van der Waals surface area contributed by atoms with E-state index >= 15 is 0 Å². The third-order valence-corrected chi connectivity index (χ3v) is 4.67. The third-order valence-electron chi connectivity index (χ3n) is 3.17. The number of piperazine rings is 1. The van der Waals surface area contributed by atoms with Crippen LogP contribution < -0.4 is 10.2 Å². The predicted octanol–water partition coefficient (Wildman–Crippen LogP) is 3.67. The maximum absolute atomic E-state index is 13.6. The van der Waals surface area contributed by atoms with Gasteiger partial charge in [0, 0.05) is 37.1 Å². The number of aromatic nitrogens is 1. The molecule has 0 saturated carbocycles. The molecule has 0 atom stereocenters. The summed E-state index contributed by atoms with van der Waals surface area (Å²) in [5, 5.41) is 6.56. The minimum Gasteiger partial charge on any atom is -0.346 e. The lowest BCUT2D eigenvalue weighted by Crippen LogP contribution is -2.43. The van der Waals surface area contributed by atoms with E-state index < -0.39 is 5.82 Å². The fourth-order valence-electron chi connectivity index (χ4n) is 2.11. The maximum Gasteiger partial charge on any atom is 0.185 e. The summed E-state index contributed by atoms with van der Waals surface area (Å²) in [7, 11) is 0. The van der Waals surface area contributed by atoms with E-state index in [0.717, 1.165) is 31.3 Å². The monoisotopic (exact) mass is 331 g/mol. The van der Waals surface area contributed by atoms with E-state index in [2.05, 4.69) is 15.2 Å². The van der Waals surface area contributed by atoms with Gasteiger partial charge in [0.2, 0.25) is 0 Å².